The molecule has 1 rings (SSSR count). The van der Waals surface area contributed by atoms with Crippen LogP contribution in [0.25, 0.3) is 0 Å². The number of carbonyl (C=O) groups excluding carboxylic acids is 1. The first-order valence-electron chi connectivity index (χ1n) is 6.63. The first-order chi connectivity index (χ1) is 8.99. The molecule has 3 nitrogen and oxygen atoms in total. The van der Waals surface area contributed by atoms with Gasteiger partial charge in [0.1, 0.15) is 10.3 Å². The summed E-state index contributed by atoms with van der Waals surface area (Å²) in [5.74, 6) is -0.0333. The van der Waals surface area contributed by atoms with Crippen LogP contribution in [0.15, 0.2) is 12.1 Å². The van der Waals surface area contributed by atoms with E-state index < -0.39 is 0 Å². The van der Waals surface area contributed by atoms with Gasteiger partial charge in [0.05, 0.1) is 0 Å². The van der Waals surface area contributed by atoms with Crippen LogP contribution >= 0.6 is 23.2 Å². The zero-order valence-electron chi connectivity index (χ0n) is 11.6. The minimum Gasteiger partial charge on any atom is -0.336 e. The molecule has 0 spiro atoms. The largest absolute Gasteiger partial charge is 0.336 e. The lowest BCUT2D eigenvalue weighted by Crippen LogP contribution is -2.39. The van der Waals surface area contributed by atoms with Crippen molar-refractivity contribution < 1.29 is 4.79 Å². The molecule has 0 aromatic carbocycles. The van der Waals surface area contributed by atoms with E-state index >= 15 is 0 Å². The lowest BCUT2D eigenvalue weighted by molar-refractivity contribution is 0.0685. The normalized spacial score (nSPS) is 12.3. The monoisotopic (exact) mass is 302 g/mol. The average Bonchev–Trinajstić information content (AvgIpc) is 2.37. The number of aromatic nitrogens is 1. The molecule has 1 aromatic rings. The van der Waals surface area contributed by atoms with Crippen molar-refractivity contribution in [1.82, 2.24) is 9.88 Å². The molecule has 0 saturated heterocycles. The number of hydrogen-bond acceptors (Lipinski definition) is 2. The minimum atomic E-state index is -0.0333. The van der Waals surface area contributed by atoms with Gasteiger partial charge >= 0.3 is 0 Å². The molecular formula is C14H20Cl2N2O. The van der Waals surface area contributed by atoms with Gasteiger partial charge in [-0.15, -0.1) is 0 Å². The quantitative estimate of drug-likeness (QED) is 0.728. The molecule has 1 aromatic heterocycles. The van der Waals surface area contributed by atoms with Crippen LogP contribution in [0.5, 0.6) is 0 Å². The van der Waals surface area contributed by atoms with Crippen LogP contribution in [0.1, 0.15) is 50.4 Å². The van der Waals surface area contributed by atoms with Gasteiger partial charge in [0.2, 0.25) is 0 Å². The number of unbranched alkanes of at least 4 members (excludes halogenated alkanes) is 1. The third kappa shape index (κ3) is 4.66. The van der Waals surface area contributed by atoms with Gasteiger partial charge < -0.3 is 4.90 Å². The Hall–Kier alpha value is -0.800. The van der Waals surface area contributed by atoms with E-state index in [0.29, 0.717) is 5.56 Å². The first kappa shape index (κ1) is 16.3. The van der Waals surface area contributed by atoms with Crippen molar-refractivity contribution in [2.75, 3.05) is 6.54 Å². The molecule has 0 N–H and O–H groups in total. The van der Waals surface area contributed by atoms with Crippen molar-refractivity contribution in [3.8, 4) is 0 Å². The van der Waals surface area contributed by atoms with Gasteiger partial charge in [-0.25, -0.2) is 4.98 Å². The summed E-state index contributed by atoms with van der Waals surface area (Å²) in [6.45, 7) is 6.99. The third-order valence-corrected chi connectivity index (χ3v) is 3.53. The van der Waals surface area contributed by atoms with E-state index in [-0.39, 0.29) is 22.3 Å². The fourth-order valence-electron chi connectivity index (χ4n) is 1.83. The van der Waals surface area contributed by atoms with Crippen LogP contribution in [0.3, 0.4) is 0 Å². The van der Waals surface area contributed by atoms with Gasteiger partial charge in [0, 0.05) is 18.2 Å². The first-order valence-corrected chi connectivity index (χ1v) is 7.39. The molecule has 5 heteroatoms. The van der Waals surface area contributed by atoms with Crippen molar-refractivity contribution >= 4 is 29.1 Å². The summed E-state index contributed by atoms with van der Waals surface area (Å²) in [7, 11) is 0. The SMILES string of the molecule is CCCCN(C(=O)c1cc(Cl)nc(Cl)c1)C(C)CC. The second-order valence-corrected chi connectivity index (χ2v) is 5.39. The molecule has 19 heavy (non-hydrogen) atoms. The molecule has 0 aliphatic carbocycles. The van der Waals surface area contributed by atoms with Gasteiger partial charge in [-0.05, 0) is 31.9 Å². The molecule has 1 unspecified atom stereocenters. The minimum absolute atomic E-state index is 0.0333. The van der Waals surface area contributed by atoms with Gasteiger partial charge in [-0.2, -0.15) is 0 Å². The number of carbonyl (C=O) groups is 1. The van der Waals surface area contributed by atoms with E-state index in [2.05, 4.69) is 25.8 Å². The topological polar surface area (TPSA) is 33.2 Å². The highest BCUT2D eigenvalue weighted by atomic mass is 35.5. The van der Waals surface area contributed by atoms with Crippen molar-refractivity contribution in [3.05, 3.63) is 28.0 Å². The summed E-state index contributed by atoms with van der Waals surface area (Å²) in [4.78, 5) is 18.3. The van der Waals surface area contributed by atoms with E-state index in [1.165, 1.54) is 0 Å². The Morgan fingerprint density at radius 1 is 1.32 bits per heavy atom. The van der Waals surface area contributed by atoms with E-state index in [0.717, 1.165) is 25.8 Å². The molecule has 0 bridgehead atoms. The highest BCUT2D eigenvalue weighted by molar-refractivity contribution is 6.33. The van der Waals surface area contributed by atoms with Gasteiger partial charge in [-0.3, -0.25) is 4.79 Å². The summed E-state index contributed by atoms with van der Waals surface area (Å²) in [6, 6.07) is 3.33. The smallest absolute Gasteiger partial charge is 0.254 e. The Kier molecular flexibility index (Phi) is 6.59. The highest BCUT2D eigenvalue weighted by Gasteiger charge is 2.20. The zero-order chi connectivity index (χ0) is 14.4. The molecule has 0 saturated carbocycles. The van der Waals surface area contributed by atoms with E-state index in [9.17, 15) is 4.79 Å². The average molecular weight is 303 g/mol. The number of pyridine rings is 1. The van der Waals surface area contributed by atoms with Crippen molar-refractivity contribution in [1.29, 1.82) is 0 Å². The van der Waals surface area contributed by atoms with Crippen molar-refractivity contribution in [2.24, 2.45) is 0 Å². The Morgan fingerprint density at radius 3 is 2.37 bits per heavy atom. The molecule has 0 aliphatic heterocycles. The van der Waals surface area contributed by atoms with Crippen LogP contribution in [0, 0.1) is 0 Å². The summed E-state index contributed by atoms with van der Waals surface area (Å²) in [6.07, 6.45) is 2.96. The molecule has 0 radical (unpaired) electrons. The molecular weight excluding hydrogens is 283 g/mol. The zero-order valence-corrected chi connectivity index (χ0v) is 13.1. The predicted octanol–water partition coefficient (Wildman–Crippen LogP) is 4.43. The molecule has 1 atom stereocenters. The van der Waals surface area contributed by atoms with E-state index in [1.807, 2.05) is 4.90 Å². The van der Waals surface area contributed by atoms with Crippen LogP contribution in [0.2, 0.25) is 10.3 Å². The number of nitrogens with zero attached hydrogens (tertiary/aromatic N) is 2. The summed E-state index contributed by atoms with van der Waals surface area (Å²) in [5, 5.41) is 0.492. The summed E-state index contributed by atoms with van der Waals surface area (Å²) in [5.41, 5.74) is 0.501. The lowest BCUT2D eigenvalue weighted by Gasteiger charge is -2.28. The highest BCUT2D eigenvalue weighted by Crippen LogP contribution is 2.18. The second kappa shape index (κ2) is 7.71. The lowest BCUT2D eigenvalue weighted by atomic mass is 10.1. The Labute approximate surface area is 124 Å². The maximum absolute atomic E-state index is 12.5. The summed E-state index contributed by atoms with van der Waals surface area (Å²) >= 11 is 11.7. The number of hydrogen-bond donors (Lipinski definition) is 0. The molecule has 1 heterocycles. The molecule has 0 aliphatic rings. The Morgan fingerprint density at radius 2 is 1.89 bits per heavy atom. The van der Waals surface area contributed by atoms with Crippen LogP contribution < -0.4 is 0 Å². The van der Waals surface area contributed by atoms with Gasteiger partial charge in [0.15, 0.2) is 0 Å². The second-order valence-electron chi connectivity index (χ2n) is 4.61. The molecule has 106 valence electrons. The van der Waals surface area contributed by atoms with Crippen LogP contribution in [-0.4, -0.2) is 28.4 Å². The van der Waals surface area contributed by atoms with E-state index in [1.54, 1.807) is 12.1 Å². The maximum atomic E-state index is 12.5. The predicted molar refractivity (Wildman–Crippen MR) is 80.0 cm³/mol. The van der Waals surface area contributed by atoms with Gasteiger partial charge in [-0.1, -0.05) is 43.5 Å². The van der Waals surface area contributed by atoms with E-state index in [4.69, 9.17) is 23.2 Å². The summed E-state index contributed by atoms with van der Waals surface area (Å²) < 4.78 is 0. The third-order valence-electron chi connectivity index (χ3n) is 3.15. The molecule has 0 fully saturated rings. The van der Waals surface area contributed by atoms with Crippen LogP contribution in [0.4, 0.5) is 0 Å². The number of halogens is 2. The Balaban J connectivity index is 2.97. The van der Waals surface area contributed by atoms with Gasteiger partial charge in [0.25, 0.3) is 5.91 Å². The standard InChI is InChI=1S/C14H20Cl2N2O/c1-4-6-7-18(10(3)5-2)14(19)11-8-12(15)17-13(16)9-11/h8-10H,4-7H2,1-3H3. The number of rotatable bonds is 6. The fourth-order valence-corrected chi connectivity index (χ4v) is 2.29. The van der Waals surface area contributed by atoms with Crippen molar-refractivity contribution in [3.63, 3.8) is 0 Å². The fraction of sp³-hybridized carbons (Fsp3) is 0.571. The van der Waals surface area contributed by atoms with Crippen LogP contribution in [-0.2, 0) is 0 Å². The molecule has 1 amide bonds. The Bertz CT molecular complexity index is 417. The number of amides is 1. The van der Waals surface area contributed by atoms with Crippen molar-refractivity contribution in [2.45, 2.75) is 46.1 Å². The maximum Gasteiger partial charge on any atom is 0.254 e.